The highest BCUT2D eigenvalue weighted by atomic mass is 16.5. The van der Waals surface area contributed by atoms with E-state index in [9.17, 15) is 5.11 Å². The van der Waals surface area contributed by atoms with Crippen molar-refractivity contribution in [2.45, 2.75) is 31.9 Å². The van der Waals surface area contributed by atoms with Gasteiger partial charge in [0.1, 0.15) is 0 Å². The third kappa shape index (κ3) is 3.95. The first kappa shape index (κ1) is 15.3. The van der Waals surface area contributed by atoms with Crippen molar-refractivity contribution in [3.8, 4) is 0 Å². The van der Waals surface area contributed by atoms with Crippen molar-refractivity contribution in [3.05, 3.63) is 29.8 Å². The highest BCUT2D eigenvalue weighted by Gasteiger charge is 2.31. The summed E-state index contributed by atoms with van der Waals surface area (Å²) in [5, 5.41) is 14.0. The van der Waals surface area contributed by atoms with Crippen LogP contribution in [0.2, 0.25) is 0 Å². The van der Waals surface area contributed by atoms with Crippen LogP contribution in [0.4, 0.5) is 5.69 Å². The van der Waals surface area contributed by atoms with Crippen LogP contribution in [0.5, 0.6) is 0 Å². The summed E-state index contributed by atoms with van der Waals surface area (Å²) >= 11 is 0. The summed E-state index contributed by atoms with van der Waals surface area (Å²) in [5.41, 5.74) is 1.83. The highest BCUT2D eigenvalue weighted by Crippen LogP contribution is 2.26. The maximum Gasteiger partial charge on any atom is 0.0865 e. The minimum atomic E-state index is -0.627. The van der Waals surface area contributed by atoms with Crippen LogP contribution in [0.1, 0.15) is 25.3 Å². The minimum Gasteiger partial charge on any atom is -0.388 e. The van der Waals surface area contributed by atoms with Gasteiger partial charge in [-0.05, 0) is 18.2 Å². The van der Waals surface area contributed by atoms with Crippen LogP contribution in [0.3, 0.4) is 0 Å². The van der Waals surface area contributed by atoms with Gasteiger partial charge in [0.2, 0.25) is 0 Å². The second-order valence-electron chi connectivity index (χ2n) is 5.60. The summed E-state index contributed by atoms with van der Waals surface area (Å²) in [4.78, 5) is 2.16. The van der Waals surface area contributed by atoms with Crippen LogP contribution < -0.4 is 10.2 Å². The summed E-state index contributed by atoms with van der Waals surface area (Å²) < 4.78 is 5.34. The molecule has 0 spiro atoms. The fraction of sp³-hybridized carbons (Fsp3) is 0.625. The van der Waals surface area contributed by atoms with E-state index in [1.165, 1.54) is 11.3 Å². The van der Waals surface area contributed by atoms with Gasteiger partial charge in [-0.25, -0.2) is 0 Å². The number of ether oxygens (including phenoxy) is 1. The van der Waals surface area contributed by atoms with Crippen molar-refractivity contribution in [1.29, 1.82) is 0 Å². The lowest BCUT2D eigenvalue weighted by Gasteiger charge is -2.36. The number of benzene rings is 1. The van der Waals surface area contributed by atoms with Crippen LogP contribution >= 0.6 is 0 Å². The van der Waals surface area contributed by atoms with Crippen LogP contribution in [-0.2, 0) is 11.3 Å². The maximum atomic E-state index is 10.6. The van der Waals surface area contributed by atoms with E-state index in [4.69, 9.17) is 4.74 Å². The van der Waals surface area contributed by atoms with Gasteiger partial charge in [0.15, 0.2) is 0 Å². The number of hydrogen-bond donors (Lipinski definition) is 2. The Bertz CT molecular complexity index is 417. The Morgan fingerprint density at radius 1 is 1.30 bits per heavy atom. The van der Waals surface area contributed by atoms with E-state index in [2.05, 4.69) is 48.5 Å². The normalized spacial score (nSPS) is 17.9. The molecule has 1 aliphatic heterocycles. The Morgan fingerprint density at radius 2 is 2.00 bits per heavy atom. The largest absolute Gasteiger partial charge is 0.388 e. The molecule has 0 saturated carbocycles. The summed E-state index contributed by atoms with van der Waals surface area (Å²) in [6.07, 6.45) is 1.43. The number of nitrogens with zero attached hydrogens (tertiary/aromatic N) is 1. The Morgan fingerprint density at radius 3 is 2.70 bits per heavy atom. The molecule has 1 heterocycles. The third-order valence-corrected chi connectivity index (χ3v) is 3.92. The molecule has 2 rings (SSSR count). The van der Waals surface area contributed by atoms with Crippen LogP contribution in [0.15, 0.2) is 24.3 Å². The Hall–Kier alpha value is -1.10. The van der Waals surface area contributed by atoms with Crippen LogP contribution in [-0.4, -0.2) is 44.1 Å². The van der Waals surface area contributed by atoms with Crippen LogP contribution in [0, 0.1) is 0 Å². The maximum absolute atomic E-state index is 10.6. The first-order chi connectivity index (χ1) is 9.64. The number of likely N-dealkylation sites (N-methyl/N-ethyl adjacent to an activating group) is 1. The van der Waals surface area contributed by atoms with Crippen molar-refractivity contribution in [1.82, 2.24) is 5.32 Å². The molecule has 4 heteroatoms. The molecule has 0 unspecified atom stereocenters. The van der Waals surface area contributed by atoms with Gasteiger partial charge >= 0.3 is 0 Å². The fourth-order valence-electron chi connectivity index (χ4n) is 2.73. The molecule has 1 aromatic carbocycles. The molecule has 4 nitrogen and oxygen atoms in total. The second kappa shape index (κ2) is 7.07. The van der Waals surface area contributed by atoms with Gasteiger partial charge in [-0.1, -0.05) is 25.1 Å². The average molecular weight is 278 g/mol. The Balaban J connectivity index is 2.06. The van der Waals surface area contributed by atoms with Gasteiger partial charge < -0.3 is 20.1 Å². The summed E-state index contributed by atoms with van der Waals surface area (Å²) in [7, 11) is 2.05. The van der Waals surface area contributed by atoms with E-state index in [0.29, 0.717) is 32.6 Å². The third-order valence-electron chi connectivity index (χ3n) is 3.92. The Kier molecular flexibility index (Phi) is 5.40. The van der Waals surface area contributed by atoms with Crippen molar-refractivity contribution in [3.63, 3.8) is 0 Å². The van der Waals surface area contributed by atoms with E-state index in [-0.39, 0.29) is 0 Å². The van der Waals surface area contributed by atoms with Crippen molar-refractivity contribution >= 4 is 5.69 Å². The van der Waals surface area contributed by atoms with E-state index < -0.39 is 5.60 Å². The number of nitrogens with one attached hydrogen (secondary N) is 1. The molecular formula is C16H26N2O2. The molecule has 0 atom stereocenters. The van der Waals surface area contributed by atoms with E-state index in [0.717, 1.165) is 13.1 Å². The molecule has 112 valence electrons. The quantitative estimate of drug-likeness (QED) is 0.832. The number of anilines is 1. The molecular weight excluding hydrogens is 252 g/mol. The lowest BCUT2D eigenvalue weighted by atomic mass is 9.93. The summed E-state index contributed by atoms with van der Waals surface area (Å²) in [5.74, 6) is 0. The SMILES string of the molecule is CCNCc1ccccc1N(C)CC1(O)CCOCC1. The highest BCUT2D eigenvalue weighted by molar-refractivity contribution is 5.53. The first-order valence-corrected chi connectivity index (χ1v) is 7.44. The molecule has 0 aliphatic carbocycles. The van der Waals surface area contributed by atoms with E-state index in [1.54, 1.807) is 0 Å². The molecule has 1 fully saturated rings. The standard InChI is InChI=1S/C16H26N2O2/c1-3-17-12-14-6-4-5-7-15(14)18(2)13-16(19)8-10-20-11-9-16/h4-7,17,19H,3,8-13H2,1-2H3. The van der Waals surface area contributed by atoms with Crippen molar-refractivity contribution < 1.29 is 9.84 Å². The number of para-hydroxylation sites is 1. The Labute approximate surface area is 121 Å². The second-order valence-corrected chi connectivity index (χ2v) is 5.60. The zero-order valence-electron chi connectivity index (χ0n) is 12.6. The van der Waals surface area contributed by atoms with Gasteiger partial charge in [0.05, 0.1) is 5.60 Å². The zero-order chi connectivity index (χ0) is 14.4. The predicted octanol–water partition coefficient (Wildman–Crippen LogP) is 1.77. The smallest absolute Gasteiger partial charge is 0.0865 e. The first-order valence-electron chi connectivity index (χ1n) is 7.44. The summed E-state index contributed by atoms with van der Waals surface area (Å²) in [6, 6.07) is 8.38. The van der Waals surface area contributed by atoms with Gasteiger partial charge in [-0.3, -0.25) is 0 Å². The van der Waals surface area contributed by atoms with Crippen molar-refractivity contribution in [2.24, 2.45) is 0 Å². The summed E-state index contributed by atoms with van der Waals surface area (Å²) in [6.45, 7) is 5.89. The van der Waals surface area contributed by atoms with Crippen LogP contribution in [0.25, 0.3) is 0 Å². The molecule has 20 heavy (non-hydrogen) atoms. The lowest BCUT2D eigenvalue weighted by Crippen LogP contribution is -2.46. The molecule has 1 aromatic rings. The topological polar surface area (TPSA) is 44.7 Å². The number of aliphatic hydroxyl groups is 1. The monoisotopic (exact) mass is 278 g/mol. The molecule has 0 bridgehead atoms. The number of rotatable bonds is 6. The van der Waals surface area contributed by atoms with E-state index in [1.807, 2.05) is 0 Å². The van der Waals surface area contributed by atoms with Gasteiger partial charge in [0.25, 0.3) is 0 Å². The molecule has 0 amide bonds. The average Bonchev–Trinajstić information content (AvgIpc) is 2.45. The van der Waals surface area contributed by atoms with Gasteiger partial charge in [-0.2, -0.15) is 0 Å². The van der Waals surface area contributed by atoms with Crippen molar-refractivity contribution in [2.75, 3.05) is 38.3 Å². The molecule has 1 aliphatic rings. The van der Waals surface area contributed by atoms with E-state index >= 15 is 0 Å². The minimum absolute atomic E-state index is 0.627. The van der Waals surface area contributed by atoms with Gasteiger partial charge in [0, 0.05) is 51.9 Å². The fourth-order valence-corrected chi connectivity index (χ4v) is 2.73. The molecule has 2 N–H and O–H groups in total. The predicted molar refractivity (Wildman–Crippen MR) is 82.1 cm³/mol. The van der Waals surface area contributed by atoms with Gasteiger partial charge in [-0.15, -0.1) is 0 Å². The zero-order valence-corrected chi connectivity index (χ0v) is 12.6. The molecule has 0 aromatic heterocycles. The molecule has 1 saturated heterocycles. The number of hydrogen-bond acceptors (Lipinski definition) is 4. The molecule has 0 radical (unpaired) electrons. The lowest BCUT2D eigenvalue weighted by molar-refractivity contribution is -0.0572.